The maximum Gasteiger partial charge on any atom is 0.245 e. The Bertz CT molecular complexity index is 1180. The van der Waals surface area contributed by atoms with Crippen molar-refractivity contribution < 1.29 is 14.3 Å². The van der Waals surface area contributed by atoms with Crippen LogP contribution in [0.4, 0.5) is 4.39 Å². The first-order valence-electron chi connectivity index (χ1n) is 10.2. The lowest BCUT2D eigenvalue weighted by atomic mass is 9.69. The molecule has 1 spiro atoms. The van der Waals surface area contributed by atoms with E-state index in [1.807, 2.05) is 11.0 Å². The van der Waals surface area contributed by atoms with E-state index in [-0.39, 0.29) is 11.3 Å². The second-order valence-corrected chi connectivity index (χ2v) is 8.50. The summed E-state index contributed by atoms with van der Waals surface area (Å²) >= 11 is 0. The van der Waals surface area contributed by atoms with E-state index in [1.165, 1.54) is 12.1 Å². The maximum absolute atomic E-state index is 13.8. The number of hydrogen-bond acceptors (Lipinski definition) is 4. The average molecular weight is 406 g/mol. The Balaban J connectivity index is 1.52. The molecule has 0 radical (unpaired) electrons. The molecule has 2 aromatic heterocycles. The summed E-state index contributed by atoms with van der Waals surface area (Å²) in [5.41, 5.74) is 3.77. The largest absolute Gasteiger partial charge is 0.504 e. The lowest BCUT2D eigenvalue weighted by Crippen LogP contribution is -2.59. The van der Waals surface area contributed by atoms with Gasteiger partial charge in [0.1, 0.15) is 0 Å². The standard InChI is InChI=1S/C23H23FN4O2/c1-3-19(29)28-11-23(12-28)9-5-7-16(23)20-13(2)15-10-18(26-27-22(15)25-20)14-6-4-8-17(24)21(14)30/h3-4,6,8,10,16,30H,1,5,7,9,11-12H2,2H3,(H,25,27). The molecular formula is C23H23FN4O2. The number of benzene rings is 1. The molecule has 1 aromatic carbocycles. The SMILES string of the molecule is C=CC(=O)N1CC2(CCCC2c2[nH]c3nnc(-c4cccc(F)c4O)cc3c2C)C1. The minimum absolute atomic E-state index is 0.00921. The van der Waals surface area contributed by atoms with Crippen LogP contribution in [0.3, 0.4) is 0 Å². The Hall–Kier alpha value is -3.22. The third-order valence-electron chi connectivity index (χ3n) is 6.87. The summed E-state index contributed by atoms with van der Waals surface area (Å²) in [5.74, 6) is -0.787. The Labute approximate surface area is 173 Å². The number of nitrogens with zero attached hydrogens (tertiary/aromatic N) is 3. The number of aryl methyl sites for hydroxylation is 1. The predicted molar refractivity (Wildman–Crippen MR) is 111 cm³/mol. The van der Waals surface area contributed by atoms with Crippen LogP contribution >= 0.6 is 0 Å². The van der Waals surface area contributed by atoms with Gasteiger partial charge in [-0.05, 0) is 49.6 Å². The maximum atomic E-state index is 13.8. The number of carbonyl (C=O) groups excluding carboxylic acids is 1. The van der Waals surface area contributed by atoms with E-state index in [4.69, 9.17) is 0 Å². The van der Waals surface area contributed by atoms with E-state index in [0.29, 0.717) is 22.8 Å². The molecule has 1 saturated carbocycles. The van der Waals surface area contributed by atoms with Gasteiger partial charge in [-0.15, -0.1) is 10.2 Å². The van der Waals surface area contributed by atoms with E-state index in [9.17, 15) is 14.3 Å². The number of rotatable bonds is 3. The van der Waals surface area contributed by atoms with Crippen molar-refractivity contribution in [2.45, 2.75) is 32.1 Å². The number of aromatic hydroxyl groups is 1. The van der Waals surface area contributed by atoms with Crippen LogP contribution in [0.5, 0.6) is 5.75 Å². The molecule has 1 saturated heterocycles. The Morgan fingerprint density at radius 1 is 1.40 bits per heavy atom. The molecule has 2 aliphatic rings. The summed E-state index contributed by atoms with van der Waals surface area (Å²) in [4.78, 5) is 17.3. The highest BCUT2D eigenvalue weighted by Crippen LogP contribution is 2.55. The molecule has 0 bridgehead atoms. The number of hydrogen-bond donors (Lipinski definition) is 2. The number of fused-ring (bicyclic) bond motifs is 1. The minimum Gasteiger partial charge on any atom is -0.504 e. The molecule has 6 nitrogen and oxygen atoms in total. The van der Waals surface area contributed by atoms with Crippen LogP contribution in [0.15, 0.2) is 36.9 Å². The molecule has 1 atom stereocenters. The number of amides is 1. The molecule has 3 heterocycles. The normalized spacial score (nSPS) is 19.9. The topological polar surface area (TPSA) is 82.1 Å². The van der Waals surface area contributed by atoms with Crippen LogP contribution in [0, 0.1) is 18.2 Å². The van der Waals surface area contributed by atoms with Gasteiger partial charge in [-0.1, -0.05) is 19.1 Å². The summed E-state index contributed by atoms with van der Waals surface area (Å²) < 4.78 is 13.8. The molecule has 1 amide bonds. The van der Waals surface area contributed by atoms with E-state index in [0.717, 1.165) is 49.0 Å². The fraction of sp³-hybridized carbons (Fsp3) is 0.348. The van der Waals surface area contributed by atoms with Gasteiger partial charge in [0, 0.05) is 41.1 Å². The van der Waals surface area contributed by atoms with Crippen molar-refractivity contribution in [3.8, 4) is 17.0 Å². The second-order valence-electron chi connectivity index (χ2n) is 8.50. The Morgan fingerprint density at radius 2 is 2.20 bits per heavy atom. The number of aromatic nitrogens is 3. The quantitative estimate of drug-likeness (QED) is 0.643. The highest BCUT2D eigenvalue weighted by Gasteiger charge is 2.53. The van der Waals surface area contributed by atoms with E-state index in [1.54, 1.807) is 12.1 Å². The zero-order valence-electron chi connectivity index (χ0n) is 16.8. The Kier molecular flexibility index (Phi) is 4.17. The van der Waals surface area contributed by atoms with Crippen LogP contribution in [-0.4, -0.2) is 44.2 Å². The van der Waals surface area contributed by atoms with Crippen LogP contribution in [0.25, 0.3) is 22.3 Å². The first-order chi connectivity index (χ1) is 14.4. The molecular weight excluding hydrogens is 383 g/mol. The molecule has 154 valence electrons. The van der Waals surface area contributed by atoms with Crippen molar-refractivity contribution in [3.63, 3.8) is 0 Å². The van der Waals surface area contributed by atoms with Gasteiger partial charge in [0.15, 0.2) is 17.2 Å². The molecule has 5 rings (SSSR count). The summed E-state index contributed by atoms with van der Waals surface area (Å²) in [6.45, 7) is 7.16. The summed E-state index contributed by atoms with van der Waals surface area (Å²) in [6.07, 6.45) is 4.67. The zero-order valence-corrected chi connectivity index (χ0v) is 16.8. The Morgan fingerprint density at radius 3 is 2.97 bits per heavy atom. The van der Waals surface area contributed by atoms with Gasteiger partial charge in [0.25, 0.3) is 0 Å². The van der Waals surface area contributed by atoms with Gasteiger partial charge in [0.05, 0.1) is 5.69 Å². The van der Waals surface area contributed by atoms with Crippen molar-refractivity contribution in [1.29, 1.82) is 0 Å². The van der Waals surface area contributed by atoms with Crippen molar-refractivity contribution in [3.05, 3.63) is 54.0 Å². The molecule has 30 heavy (non-hydrogen) atoms. The monoisotopic (exact) mass is 406 g/mol. The molecule has 1 aliphatic carbocycles. The van der Waals surface area contributed by atoms with Gasteiger partial charge >= 0.3 is 0 Å². The number of aromatic amines is 1. The zero-order chi connectivity index (χ0) is 21.0. The van der Waals surface area contributed by atoms with Crippen molar-refractivity contribution in [1.82, 2.24) is 20.1 Å². The average Bonchev–Trinajstić information content (AvgIpc) is 3.29. The van der Waals surface area contributed by atoms with Crippen LogP contribution < -0.4 is 0 Å². The van der Waals surface area contributed by atoms with Crippen molar-refractivity contribution in [2.24, 2.45) is 5.41 Å². The number of nitrogens with one attached hydrogen (secondary N) is 1. The van der Waals surface area contributed by atoms with Crippen LogP contribution in [-0.2, 0) is 4.79 Å². The van der Waals surface area contributed by atoms with E-state index >= 15 is 0 Å². The second kappa shape index (κ2) is 6.65. The summed E-state index contributed by atoms with van der Waals surface area (Å²) in [7, 11) is 0. The molecule has 1 aliphatic heterocycles. The van der Waals surface area contributed by atoms with Crippen LogP contribution in [0.1, 0.15) is 36.4 Å². The first-order valence-corrected chi connectivity index (χ1v) is 10.2. The number of phenols is 1. The van der Waals surface area contributed by atoms with Crippen molar-refractivity contribution in [2.75, 3.05) is 13.1 Å². The van der Waals surface area contributed by atoms with Gasteiger partial charge in [0.2, 0.25) is 5.91 Å². The lowest BCUT2D eigenvalue weighted by molar-refractivity contribution is -0.138. The number of phenolic OH excluding ortho intramolecular Hbond substituents is 1. The highest BCUT2D eigenvalue weighted by molar-refractivity contribution is 5.88. The number of halogens is 1. The molecule has 2 fully saturated rings. The minimum atomic E-state index is -0.683. The van der Waals surface area contributed by atoms with E-state index in [2.05, 4.69) is 28.7 Å². The van der Waals surface area contributed by atoms with E-state index < -0.39 is 11.6 Å². The van der Waals surface area contributed by atoms with Gasteiger partial charge < -0.3 is 15.0 Å². The molecule has 3 aromatic rings. The fourth-order valence-electron chi connectivity index (χ4n) is 5.30. The number of H-pyrrole nitrogens is 1. The third kappa shape index (κ3) is 2.65. The third-order valence-corrected chi connectivity index (χ3v) is 6.87. The molecule has 1 unspecified atom stereocenters. The number of para-hydroxylation sites is 1. The van der Waals surface area contributed by atoms with Crippen molar-refractivity contribution >= 4 is 16.9 Å². The molecule has 2 N–H and O–H groups in total. The molecule has 7 heteroatoms. The highest BCUT2D eigenvalue weighted by atomic mass is 19.1. The van der Waals surface area contributed by atoms with Gasteiger partial charge in [-0.2, -0.15) is 0 Å². The summed E-state index contributed by atoms with van der Waals surface area (Å²) in [6, 6.07) is 6.23. The number of likely N-dealkylation sites (tertiary alicyclic amines) is 1. The van der Waals surface area contributed by atoms with Crippen LogP contribution in [0.2, 0.25) is 0 Å². The summed E-state index contributed by atoms with van der Waals surface area (Å²) in [5, 5.41) is 19.5. The predicted octanol–water partition coefficient (Wildman–Crippen LogP) is 4.06. The van der Waals surface area contributed by atoms with Gasteiger partial charge in [-0.25, -0.2) is 4.39 Å². The first kappa shape index (κ1) is 18.8. The van der Waals surface area contributed by atoms with Gasteiger partial charge in [-0.3, -0.25) is 4.79 Å². The fourth-order valence-corrected chi connectivity index (χ4v) is 5.30. The number of carbonyl (C=O) groups is 1. The smallest absolute Gasteiger partial charge is 0.245 e. The lowest BCUT2D eigenvalue weighted by Gasteiger charge is -2.51.